The summed E-state index contributed by atoms with van der Waals surface area (Å²) in [4.78, 5) is 25.0. The van der Waals surface area contributed by atoms with E-state index in [-0.39, 0.29) is 11.1 Å². The van der Waals surface area contributed by atoms with Crippen molar-refractivity contribution in [3.63, 3.8) is 0 Å². The number of aliphatic hydroxyl groups excluding tert-OH is 2. The molecule has 0 aromatic carbocycles. The van der Waals surface area contributed by atoms with E-state index in [1.54, 1.807) is 0 Å². The third-order valence-corrected chi connectivity index (χ3v) is 1.99. The van der Waals surface area contributed by atoms with Crippen LogP contribution in [0.4, 0.5) is 0 Å². The predicted molar refractivity (Wildman–Crippen MR) is 51.4 cm³/mol. The molecule has 7 heteroatoms. The summed E-state index contributed by atoms with van der Waals surface area (Å²) < 4.78 is 0. The molecule has 0 radical (unpaired) electrons. The van der Waals surface area contributed by atoms with Gasteiger partial charge in [-0.25, -0.2) is 4.79 Å². The molecule has 0 saturated heterocycles. The lowest BCUT2D eigenvalue weighted by Gasteiger charge is -2.16. The highest BCUT2D eigenvalue weighted by molar-refractivity contribution is 5.90. The summed E-state index contributed by atoms with van der Waals surface area (Å²) in [6.45, 7) is 0. The smallest absolute Gasteiger partial charge is 0.336 e. The molecule has 7 nitrogen and oxygen atoms in total. The molecule has 16 heavy (non-hydrogen) atoms. The van der Waals surface area contributed by atoms with E-state index in [0.717, 1.165) is 12.3 Å². The summed E-state index contributed by atoms with van der Waals surface area (Å²) in [5.41, 5.74) is 4.37. The Kier molecular flexibility index (Phi) is 3.54. The number of amides is 1. The van der Waals surface area contributed by atoms with E-state index in [4.69, 9.17) is 10.8 Å². The third-order valence-electron chi connectivity index (χ3n) is 1.99. The molecule has 1 heterocycles. The second-order valence-corrected chi connectivity index (χ2v) is 3.06. The third kappa shape index (κ3) is 2.33. The monoisotopic (exact) mass is 226 g/mol. The van der Waals surface area contributed by atoms with Crippen LogP contribution in [0.15, 0.2) is 18.5 Å². The summed E-state index contributed by atoms with van der Waals surface area (Å²) in [5, 5.41) is 27.5. The quantitative estimate of drug-likeness (QED) is 0.502. The molecule has 1 aromatic heterocycles. The fourth-order valence-electron chi connectivity index (χ4n) is 1.16. The maximum atomic E-state index is 10.8. The maximum absolute atomic E-state index is 10.8. The number of hydrogen-bond donors (Lipinski definition) is 4. The first-order valence-electron chi connectivity index (χ1n) is 4.27. The number of carboxylic acids is 1. The Morgan fingerprint density at radius 3 is 2.50 bits per heavy atom. The van der Waals surface area contributed by atoms with Crippen LogP contribution in [0.1, 0.15) is 22.0 Å². The van der Waals surface area contributed by atoms with Gasteiger partial charge in [0.2, 0.25) is 5.91 Å². The standard InChI is InChI=1S/C9H10N2O5/c10-8(14)7(13)6(12)5-3-11-2-1-4(5)9(15)16/h1-3,6-7,12-13H,(H2,10,14)(H,15,16). The van der Waals surface area contributed by atoms with Crippen LogP contribution < -0.4 is 5.73 Å². The number of aliphatic hydroxyl groups is 2. The van der Waals surface area contributed by atoms with E-state index in [1.165, 1.54) is 6.20 Å². The summed E-state index contributed by atoms with van der Waals surface area (Å²) in [6.07, 6.45) is -1.31. The molecule has 5 N–H and O–H groups in total. The fraction of sp³-hybridized carbons (Fsp3) is 0.222. The van der Waals surface area contributed by atoms with Crippen molar-refractivity contribution in [3.05, 3.63) is 29.6 Å². The maximum Gasteiger partial charge on any atom is 0.336 e. The van der Waals surface area contributed by atoms with Crippen LogP contribution in [0.2, 0.25) is 0 Å². The molecule has 0 bridgehead atoms. The van der Waals surface area contributed by atoms with E-state index in [0.29, 0.717) is 0 Å². The topological polar surface area (TPSA) is 134 Å². The molecule has 86 valence electrons. The van der Waals surface area contributed by atoms with E-state index in [9.17, 15) is 19.8 Å². The Bertz CT molecular complexity index is 420. The Labute approximate surface area is 90.2 Å². The van der Waals surface area contributed by atoms with E-state index in [1.807, 2.05) is 0 Å². The number of carbonyl (C=O) groups is 2. The summed E-state index contributed by atoms with van der Waals surface area (Å²) in [6, 6.07) is 1.15. The molecule has 0 fully saturated rings. The summed E-state index contributed by atoms with van der Waals surface area (Å²) in [7, 11) is 0. The van der Waals surface area contributed by atoms with Gasteiger partial charge in [-0.2, -0.15) is 0 Å². The van der Waals surface area contributed by atoms with Gasteiger partial charge in [-0.15, -0.1) is 0 Å². The minimum Gasteiger partial charge on any atom is -0.478 e. The van der Waals surface area contributed by atoms with Crippen molar-refractivity contribution in [2.45, 2.75) is 12.2 Å². The Hall–Kier alpha value is -1.99. The van der Waals surface area contributed by atoms with Gasteiger partial charge in [0.15, 0.2) is 6.10 Å². The average molecular weight is 226 g/mol. The fourth-order valence-corrected chi connectivity index (χ4v) is 1.16. The molecular formula is C9H10N2O5. The SMILES string of the molecule is NC(=O)C(O)C(O)c1cnccc1C(=O)O. The number of aromatic nitrogens is 1. The van der Waals surface area contributed by atoms with Crippen molar-refractivity contribution in [3.8, 4) is 0 Å². The number of nitrogens with two attached hydrogens (primary N) is 1. The van der Waals surface area contributed by atoms with Crippen molar-refractivity contribution in [1.82, 2.24) is 4.98 Å². The molecule has 1 rings (SSSR count). The summed E-state index contributed by atoms with van der Waals surface area (Å²) in [5.74, 6) is -2.44. The van der Waals surface area contributed by atoms with Crippen molar-refractivity contribution in [2.24, 2.45) is 5.73 Å². The first kappa shape index (κ1) is 12.1. The number of pyridine rings is 1. The van der Waals surface area contributed by atoms with Crippen LogP contribution in [0.5, 0.6) is 0 Å². The second kappa shape index (κ2) is 4.69. The van der Waals surface area contributed by atoms with Crippen LogP contribution in [0.3, 0.4) is 0 Å². The van der Waals surface area contributed by atoms with Gasteiger partial charge < -0.3 is 21.1 Å². The predicted octanol–water partition coefficient (Wildman–Crippen LogP) is -1.34. The molecule has 0 spiro atoms. The van der Waals surface area contributed by atoms with Gasteiger partial charge >= 0.3 is 5.97 Å². The molecule has 2 atom stereocenters. The van der Waals surface area contributed by atoms with Crippen LogP contribution in [0, 0.1) is 0 Å². The zero-order chi connectivity index (χ0) is 12.3. The molecule has 0 aliphatic carbocycles. The van der Waals surface area contributed by atoms with Crippen molar-refractivity contribution in [2.75, 3.05) is 0 Å². The van der Waals surface area contributed by atoms with Gasteiger partial charge in [-0.3, -0.25) is 9.78 Å². The number of primary amides is 1. The zero-order valence-electron chi connectivity index (χ0n) is 8.07. The first-order chi connectivity index (χ1) is 7.45. The molecule has 0 aliphatic rings. The highest BCUT2D eigenvalue weighted by atomic mass is 16.4. The largest absolute Gasteiger partial charge is 0.478 e. The van der Waals surface area contributed by atoms with Crippen LogP contribution >= 0.6 is 0 Å². The second-order valence-electron chi connectivity index (χ2n) is 3.06. The Morgan fingerprint density at radius 1 is 1.38 bits per heavy atom. The van der Waals surface area contributed by atoms with Gasteiger partial charge in [0.25, 0.3) is 0 Å². The molecular weight excluding hydrogens is 216 g/mol. The van der Waals surface area contributed by atoms with Gasteiger partial charge in [0, 0.05) is 18.0 Å². The Balaban J connectivity index is 3.12. The van der Waals surface area contributed by atoms with Crippen LogP contribution in [-0.2, 0) is 4.79 Å². The minimum absolute atomic E-state index is 0.165. The van der Waals surface area contributed by atoms with Crippen LogP contribution in [-0.4, -0.2) is 38.3 Å². The van der Waals surface area contributed by atoms with Gasteiger partial charge in [0.05, 0.1) is 5.56 Å². The number of rotatable bonds is 4. The summed E-state index contributed by atoms with van der Waals surface area (Å²) >= 11 is 0. The normalized spacial score (nSPS) is 14.1. The van der Waals surface area contributed by atoms with Crippen molar-refractivity contribution in [1.29, 1.82) is 0 Å². The van der Waals surface area contributed by atoms with E-state index < -0.39 is 24.1 Å². The first-order valence-corrected chi connectivity index (χ1v) is 4.27. The van der Waals surface area contributed by atoms with Gasteiger partial charge in [-0.05, 0) is 6.07 Å². The number of carbonyl (C=O) groups excluding carboxylic acids is 1. The highest BCUT2D eigenvalue weighted by Crippen LogP contribution is 2.20. The average Bonchev–Trinajstić information content (AvgIpc) is 2.26. The van der Waals surface area contributed by atoms with Crippen molar-refractivity contribution >= 4 is 11.9 Å². The lowest BCUT2D eigenvalue weighted by Crippen LogP contribution is -2.34. The Morgan fingerprint density at radius 2 is 2.00 bits per heavy atom. The molecule has 0 saturated carbocycles. The lowest BCUT2D eigenvalue weighted by molar-refractivity contribution is -0.132. The van der Waals surface area contributed by atoms with E-state index >= 15 is 0 Å². The van der Waals surface area contributed by atoms with Crippen LogP contribution in [0.25, 0.3) is 0 Å². The minimum atomic E-state index is -1.87. The van der Waals surface area contributed by atoms with Crippen molar-refractivity contribution < 1.29 is 24.9 Å². The van der Waals surface area contributed by atoms with Gasteiger partial charge in [0.1, 0.15) is 6.10 Å². The molecule has 1 amide bonds. The molecule has 0 aliphatic heterocycles. The van der Waals surface area contributed by atoms with Gasteiger partial charge in [-0.1, -0.05) is 0 Å². The lowest BCUT2D eigenvalue weighted by atomic mass is 10.0. The zero-order valence-corrected chi connectivity index (χ0v) is 8.07. The number of aromatic carboxylic acids is 1. The molecule has 2 unspecified atom stereocenters. The van der Waals surface area contributed by atoms with E-state index in [2.05, 4.69) is 4.98 Å². The number of hydrogen-bond acceptors (Lipinski definition) is 5. The number of carboxylic acid groups (broad SMARTS) is 1. The number of nitrogens with zero attached hydrogens (tertiary/aromatic N) is 1. The molecule has 1 aromatic rings. The highest BCUT2D eigenvalue weighted by Gasteiger charge is 2.27.